The second kappa shape index (κ2) is 11.0. The standard InChI is InChI=1S/C27H38N2O3Si/c1-9-29(26(30)32-27(4,5)6)18-23-13-22(17-28)15-25(16-23)24-12-10-11-21(14-24)19-31-33(7,8)20(2)3/h10-16,20H,9,18-19H2,1-8H3. The molecule has 0 spiro atoms. The van der Waals surface area contributed by atoms with E-state index in [9.17, 15) is 10.1 Å². The number of nitriles is 1. The van der Waals surface area contributed by atoms with E-state index in [1.54, 1.807) is 4.90 Å². The summed E-state index contributed by atoms with van der Waals surface area (Å²) >= 11 is 0. The Kier molecular flexibility index (Phi) is 8.87. The highest BCUT2D eigenvalue weighted by Gasteiger charge is 2.26. The Morgan fingerprint density at radius 2 is 1.76 bits per heavy atom. The molecule has 0 bridgehead atoms. The third kappa shape index (κ3) is 8.03. The SMILES string of the molecule is CCN(Cc1cc(C#N)cc(-c2cccc(CO[Si](C)(C)C(C)C)c2)c1)C(=O)OC(C)(C)C. The molecule has 0 aromatic heterocycles. The summed E-state index contributed by atoms with van der Waals surface area (Å²) in [6.07, 6.45) is -0.356. The van der Waals surface area contributed by atoms with Crippen molar-refractivity contribution < 1.29 is 14.0 Å². The first-order valence-electron chi connectivity index (χ1n) is 11.6. The van der Waals surface area contributed by atoms with Gasteiger partial charge in [0.2, 0.25) is 0 Å². The van der Waals surface area contributed by atoms with Gasteiger partial charge in [0.15, 0.2) is 8.32 Å². The van der Waals surface area contributed by atoms with Crippen LogP contribution in [0.25, 0.3) is 11.1 Å². The van der Waals surface area contributed by atoms with Crippen LogP contribution in [0.3, 0.4) is 0 Å². The van der Waals surface area contributed by atoms with Crippen LogP contribution in [0.5, 0.6) is 0 Å². The van der Waals surface area contributed by atoms with Crippen molar-refractivity contribution in [3.05, 3.63) is 59.2 Å². The van der Waals surface area contributed by atoms with E-state index >= 15 is 0 Å². The quantitative estimate of drug-likeness (QED) is 0.389. The lowest BCUT2D eigenvalue weighted by Gasteiger charge is -2.27. The average Bonchev–Trinajstić information content (AvgIpc) is 2.74. The van der Waals surface area contributed by atoms with Crippen LogP contribution in [0, 0.1) is 11.3 Å². The minimum absolute atomic E-state index is 0.356. The predicted molar refractivity (Wildman–Crippen MR) is 136 cm³/mol. The first-order chi connectivity index (χ1) is 15.3. The first-order valence-corrected chi connectivity index (χ1v) is 14.6. The molecule has 2 aromatic rings. The number of carbonyl (C=O) groups is 1. The van der Waals surface area contributed by atoms with E-state index in [4.69, 9.17) is 9.16 Å². The number of carbonyl (C=O) groups excluding carboxylic acids is 1. The van der Waals surface area contributed by atoms with Gasteiger partial charge in [0, 0.05) is 13.1 Å². The summed E-state index contributed by atoms with van der Waals surface area (Å²) in [4.78, 5) is 14.2. The Labute approximate surface area is 200 Å². The number of amides is 1. The first kappa shape index (κ1) is 26.6. The Morgan fingerprint density at radius 3 is 2.33 bits per heavy atom. The van der Waals surface area contributed by atoms with Crippen molar-refractivity contribution in [2.45, 2.75) is 78.9 Å². The molecule has 6 heteroatoms. The molecule has 1 amide bonds. The lowest BCUT2D eigenvalue weighted by atomic mass is 9.98. The Hall–Kier alpha value is -2.62. The van der Waals surface area contributed by atoms with Gasteiger partial charge in [-0.15, -0.1) is 0 Å². The van der Waals surface area contributed by atoms with Gasteiger partial charge in [-0.25, -0.2) is 4.79 Å². The van der Waals surface area contributed by atoms with Gasteiger partial charge in [-0.3, -0.25) is 0 Å². The number of hydrogen-bond acceptors (Lipinski definition) is 4. The van der Waals surface area contributed by atoms with E-state index < -0.39 is 13.9 Å². The minimum Gasteiger partial charge on any atom is -0.444 e. The van der Waals surface area contributed by atoms with E-state index in [0.29, 0.717) is 30.8 Å². The summed E-state index contributed by atoms with van der Waals surface area (Å²) in [5, 5.41) is 9.60. The van der Waals surface area contributed by atoms with Crippen molar-refractivity contribution in [1.82, 2.24) is 4.90 Å². The van der Waals surface area contributed by atoms with Crippen molar-refractivity contribution in [3.63, 3.8) is 0 Å². The molecule has 0 radical (unpaired) electrons. The van der Waals surface area contributed by atoms with Crippen molar-refractivity contribution in [2.75, 3.05) is 6.54 Å². The van der Waals surface area contributed by atoms with Crippen LogP contribution in [-0.4, -0.2) is 31.5 Å². The number of benzene rings is 2. The van der Waals surface area contributed by atoms with Crippen LogP contribution in [0.1, 0.15) is 58.2 Å². The smallest absolute Gasteiger partial charge is 0.410 e. The van der Waals surface area contributed by atoms with Gasteiger partial charge in [0.25, 0.3) is 0 Å². The molecule has 5 nitrogen and oxygen atoms in total. The maximum atomic E-state index is 12.6. The maximum Gasteiger partial charge on any atom is 0.410 e. The van der Waals surface area contributed by atoms with Crippen LogP contribution < -0.4 is 0 Å². The number of nitrogens with zero attached hydrogens (tertiary/aromatic N) is 2. The molecule has 0 heterocycles. The molecule has 2 aromatic carbocycles. The van der Waals surface area contributed by atoms with Crippen molar-refractivity contribution in [1.29, 1.82) is 5.26 Å². The molecule has 178 valence electrons. The zero-order valence-corrected chi connectivity index (χ0v) is 22.4. The molecule has 33 heavy (non-hydrogen) atoms. The predicted octanol–water partition coefficient (Wildman–Crippen LogP) is 7.11. The van der Waals surface area contributed by atoms with E-state index in [2.05, 4.69) is 45.1 Å². The van der Waals surface area contributed by atoms with Crippen LogP contribution in [0.4, 0.5) is 4.79 Å². The highest BCUT2D eigenvalue weighted by atomic mass is 28.4. The molecule has 0 saturated carbocycles. The fourth-order valence-corrected chi connectivity index (χ4v) is 4.02. The van der Waals surface area contributed by atoms with Crippen molar-refractivity contribution in [3.8, 4) is 17.2 Å². The van der Waals surface area contributed by atoms with Gasteiger partial charge in [0.05, 0.1) is 18.2 Å². The fraction of sp³-hybridized carbons (Fsp3) is 0.481. The molecule has 0 N–H and O–H groups in total. The molecular formula is C27H38N2O3Si. The van der Waals surface area contributed by atoms with Crippen LogP contribution in [-0.2, 0) is 22.3 Å². The van der Waals surface area contributed by atoms with Gasteiger partial charge in [-0.1, -0.05) is 32.0 Å². The fourth-order valence-electron chi connectivity index (χ4n) is 3.14. The zero-order chi connectivity index (χ0) is 24.8. The Balaban J connectivity index is 2.29. The number of hydrogen-bond donors (Lipinski definition) is 0. The van der Waals surface area contributed by atoms with Crippen LogP contribution in [0.2, 0.25) is 18.6 Å². The van der Waals surface area contributed by atoms with E-state index in [-0.39, 0.29) is 6.09 Å². The van der Waals surface area contributed by atoms with Crippen molar-refractivity contribution >= 4 is 14.4 Å². The van der Waals surface area contributed by atoms with E-state index in [1.165, 1.54) is 0 Å². The van der Waals surface area contributed by atoms with Crippen molar-refractivity contribution in [2.24, 2.45) is 0 Å². The highest BCUT2D eigenvalue weighted by Crippen LogP contribution is 2.27. The summed E-state index contributed by atoms with van der Waals surface area (Å²) < 4.78 is 11.8. The summed E-state index contributed by atoms with van der Waals surface area (Å²) in [7, 11) is -1.73. The molecule has 0 saturated heterocycles. The lowest BCUT2D eigenvalue weighted by molar-refractivity contribution is 0.0244. The third-order valence-electron chi connectivity index (χ3n) is 5.79. The van der Waals surface area contributed by atoms with Gasteiger partial charge in [-0.2, -0.15) is 5.26 Å². The average molecular weight is 467 g/mol. The largest absolute Gasteiger partial charge is 0.444 e. The summed E-state index contributed by atoms with van der Waals surface area (Å²) in [6, 6.07) is 16.3. The normalized spacial score (nSPS) is 11.9. The zero-order valence-electron chi connectivity index (χ0n) is 21.4. The monoisotopic (exact) mass is 466 g/mol. The molecular weight excluding hydrogens is 428 g/mol. The minimum atomic E-state index is -1.73. The summed E-state index contributed by atoms with van der Waals surface area (Å²) in [5.41, 5.74) is 4.54. The molecule has 0 unspecified atom stereocenters. The molecule has 2 rings (SSSR count). The second-order valence-corrected chi connectivity index (χ2v) is 14.9. The summed E-state index contributed by atoms with van der Waals surface area (Å²) in [5.74, 6) is 0. The van der Waals surface area contributed by atoms with Gasteiger partial charge in [0.1, 0.15) is 5.60 Å². The van der Waals surface area contributed by atoms with E-state index in [0.717, 1.165) is 22.3 Å². The number of rotatable bonds is 8. The van der Waals surface area contributed by atoms with Gasteiger partial charge >= 0.3 is 6.09 Å². The third-order valence-corrected chi connectivity index (χ3v) is 9.46. The van der Waals surface area contributed by atoms with Gasteiger partial charge < -0.3 is 14.1 Å². The summed E-state index contributed by atoms with van der Waals surface area (Å²) in [6.45, 7) is 17.9. The van der Waals surface area contributed by atoms with Crippen LogP contribution in [0.15, 0.2) is 42.5 Å². The van der Waals surface area contributed by atoms with Crippen LogP contribution >= 0.6 is 0 Å². The molecule has 0 atom stereocenters. The molecule has 0 aliphatic rings. The topological polar surface area (TPSA) is 62.6 Å². The second-order valence-electron chi connectivity index (χ2n) is 10.3. The number of ether oxygens (including phenoxy) is 1. The maximum absolute atomic E-state index is 12.6. The van der Waals surface area contributed by atoms with E-state index in [1.807, 2.05) is 58.0 Å². The van der Waals surface area contributed by atoms with Gasteiger partial charge in [-0.05, 0) is 92.8 Å². The lowest BCUT2D eigenvalue weighted by Crippen LogP contribution is -2.36. The Morgan fingerprint density at radius 1 is 1.09 bits per heavy atom. The Bertz CT molecular complexity index is 1000. The molecule has 0 aliphatic carbocycles. The molecule has 0 aliphatic heterocycles. The highest BCUT2D eigenvalue weighted by molar-refractivity contribution is 6.72. The molecule has 0 fully saturated rings.